The molecule has 0 aromatic carbocycles. The maximum Gasteiger partial charge on any atom is 0.316 e. The second-order valence-corrected chi connectivity index (χ2v) is 3.20. The highest BCUT2D eigenvalue weighted by Gasteiger charge is 2.14. The fourth-order valence-corrected chi connectivity index (χ4v) is 0.842. The van der Waals surface area contributed by atoms with Gasteiger partial charge in [-0.15, -0.1) is 0 Å². The molecule has 1 aromatic rings. The van der Waals surface area contributed by atoms with Crippen molar-refractivity contribution in [3.63, 3.8) is 0 Å². The number of carbonyl (C=O) groups is 2. The Hall–Kier alpha value is -2.09. The molecule has 1 heterocycles. The van der Waals surface area contributed by atoms with Crippen molar-refractivity contribution in [1.82, 2.24) is 15.3 Å². The number of amides is 2. The van der Waals surface area contributed by atoms with Gasteiger partial charge in [-0.05, 0) is 6.07 Å². The quantitative estimate of drug-likeness (QED) is 0.452. The zero-order chi connectivity index (χ0) is 12.0. The van der Waals surface area contributed by atoms with E-state index in [1.807, 2.05) is 0 Å². The van der Waals surface area contributed by atoms with Crippen LogP contribution in [-0.4, -0.2) is 33.3 Å². The minimum absolute atomic E-state index is 0.0305. The first kappa shape index (κ1) is 12.0. The summed E-state index contributed by atoms with van der Waals surface area (Å²) in [5, 5.41) is 4.44. The first-order chi connectivity index (χ1) is 7.59. The highest BCUT2D eigenvalue weighted by Crippen LogP contribution is 1.92. The van der Waals surface area contributed by atoms with Crippen molar-refractivity contribution in [2.45, 2.75) is 0 Å². The van der Waals surface area contributed by atoms with E-state index < -0.39 is 11.8 Å². The molecule has 0 aliphatic heterocycles. The number of aromatic nitrogens is 2. The fraction of sp³-hybridized carbons (Fsp3) is 0.125. The summed E-state index contributed by atoms with van der Waals surface area (Å²) >= 11 is 4.54. The molecule has 0 unspecified atom stereocenters. The van der Waals surface area contributed by atoms with Gasteiger partial charge in [0.2, 0.25) is 5.95 Å². The van der Waals surface area contributed by atoms with Crippen molar-refractivity contribution in [2.75, 3.05) is 11.9 Å². The minimum atomic E-state index is -0.873. The number of hydrogen-bond acceptors (Lipinski definition) is 5. The molecule has 0 bridgehead atoms. The first-order valence-electron chi connectivity index (χ1n) is 4.24. The highest BCUT2D eigenvalue weighted by molar-refractivity contribution is 7.80. The number of anilines is 1. The lowest BCUT2D eigenvalue weighted by Crippen LogP contribution is -2.39. The van der Waals surface area contributed by atoms with Crippen molar-refractivity contribution in [3.05, 3.63) is 18.5 Å². The average molecular weight is 239 g/mol. The van der Waals surface area contributed by atoms with Crippen LogP contribution < -0.4 is 16.4 Å². The van der Waals surface area contributed by atoms with Gasteiger partial charge in [0, 0.05) is 12.4 Å². The Bertz CT molecular complexity index is 408. The summed E-state index contributed by atoms with van der Waals surface area (Å²) < 4.78 is 0. The van der Waals surface area contributed by atoms with Crippen molar-refractivity contribution < 1.29 is 9.59 Å². The van der Waals surface area contributed by atoms with Crippen molar-refractivity contribution in [2.24, 2.45) is 5.73 Å². The summed E-state index contributed by atoms with van der Waals surface area (Å²) in [5.74, 6) is -1.67. The second kappa shape index (κ2) is 5.71. The van der Waals surface area contributed by atoms with Gasteiger partial charge in [-0.25, -0.2) is 9.97 Å². The van der Waals surface area contributed by atoms with Crippen molar-refractivity contribution in [1.29, 1.82) is 0 Å². The van der Waals surface area contributed by atoms with Gasteiger partial charge in [0.25, 0.3) is 0 Å². The number of nitrogens with two attached hydrogens (primary N) is 1. The molecular weight excluding hydrogens is 230 g/mol. The number of rotatable bonds is 3. The lowest BCUT2D eigenvalue weighted by Gasteiger charge is -2.03. The molecule has 0 radical (unpaired) electrons. The van der Waals surface area contributed by atoms with E-state index in [2.05, 4.69) is 32.8 Å². The average Bonchev–Trinajstić information content (AvgIpc) is 2.27. The third-order valence-electron chi connectivity index (χ3n) is 1.42. The molecule has 0 fully saturated rings. The van der Waals surface area contributed by atoms with E-state index >= 15 is 0 Å². The van der Waals surface area contributed by atoms with Crippen LogP contribution in [0.25, 0.3) is 0 Å². The van der Waals surface area contributed by atoms with Crippen LogP contribution in [-0.2, 0) is 9.59 Å². The molecule has 0 saturated carbocycles. The van der Waals surface area contributed by atoms with Crippen molar-refractivity contribution >= 4 is 35.0 Å². The van der Waals surface area contributed by atoms with Gasteiger partial charge >= 0.3 is 11.8 Å². The van der Waals surface area contributed by atoms with E-state index in [0.29, 0.717) is 0 Å². The normalized spacial score (nSPS) is 9.25. The van der Waals surface area contributed by atoms with Crippen LogP contribution in [0.2, 0.25) is 0 Å². The summed E-state index contributed by atoms with van der Waals surface area (Å²) in [4.78, 5) is 29.9. The molecule has 0 aliphatic rings. The van der Waals surface area contributed by atoms with Gasteiger partial charge in [0.1, 0.15) is 0 Å². The Balaban J connectivity index is 2.46. The molecule has 7 nitrogen and oxygen atoms in total. The van der Waals surface area contributed by atoms with Gasteiger partial charge in [-0.3, -0.25) is 14.9 Å². The molecular formula is C8H9N5O2S. The van der Waals surface area contributed by atoms with Gasteiger partial charge in [0.05, 0.1) is 11.5 Å². The van der Waals surface area contributed by atoms with Gasteiger partial charge in [-0.2, -0.15) is 0 Å². The Morgan fingerprint density at radius 1 is 1.31 bits per heavy atom. The van der Waals surface area contributed by atoms with Gasteiger partial charge in [0.15, 0.2) is 0 Å². The SMILES string of the molecule is NC(=S)CNC(=O)C(=O)Nc1ncccn1. The molecule has 8 heteroatoms. The predicted octanol–water partition coefficient (Wildman–Crippen LogP) is -1.18. The number of nitrogens with one attached hydrogen (secondary N) is 2. The molecule has 0 aliphatic carbocycles. The van der Waals surface area contributed by atoms with E-state index in [0.717, 1.165) is 0 Å². The van der Waals surface area contributed by atoms with Crippen LogP contribution >= 0.6 is 12.2 Å². The lowest BCUT2D eigenvalue weighted by molar-refractivity contribution is -0.136. The minimum Gasteiger partial charge on any atom is -0.392 e. The van der Waals surface area contributed by atoms with Gasteiger partial charge in [-0.1, -0.05) is 12.2 Å². The number of thiocarbonyl (C=S) groups is 1. The molecule has 0 spiro atoms. The van der Waals surface area contributed by atoms with Crippen LogP contribution in [0.3, 0.4) is 0 Å². The topological polar surface area (TPSA) is 110 Å². The Kier molecular flexibility index (Phi) is 4.28. The molecule has 1 aromatic heterocycles. The number of hydrogen-bond donors (Lipinski definition) is 3. The standard InChI is InChI=1S/C8H9N5O2S/c9-5(16)4-12-6(14)7(15)13-8-10-2-1-3-11-8/h1-3H,4H2,(H2,9,16)(H,12,14)(H,10,11,13,15). The summed E-state index contributed by atoms with van der Waals surface area (Å²) in [6.45, 7) is -0.0305. The van der Waals surface area contributed by atoms with Crippen molar-refractivity contribution in [3.8, 4) is 0 Å². The third kappa shape index (κ3) is 3.96. The summed E-state index contributed by atoms with van der Waals surface area (Å²) in [5.41, 5.74) is 5.15. The van der Waals surface area contributed by atoms with E-state index in [1.54, 1.807) is 6.07 Å². The monoisotopic (exact) mass is 239 g/mol. The van der Waals surface area contributed by atoms with Crippen LogP contribution in [0.4, 0.5) is 5.95 Å². The molecule has 4 N–H and O–H groups in total. The molecule has 16 heavy (non-hydrogen) atoms. The molecule has 0 atom stereocenters. The molecule has 2 amide bonds. The Morgan fingerprint density at radius 2 is 1.94 bits per heavy atom. The Morgan fingerprint density at radius 3 is 2.50 bits per heavy atom. The summed E-state index contributed by atoms with van der Waals surface area (Å²) in [6.07, 6.45) is 2.88. The largest absolute Gasteiger partial charge is 0.392 e. The molecule has 1 rings (SSSR count). The zero-order valence-corrected chi connectivity index (χ0v) is 8.95. The first-order valence-corrected chi connectivity index (χ1v) is 4.65. The van der Waals surface area contributed by atoms with E-state index in [-0.39, 0.29) is 17.5 Å². The lowest BCUT2D eigenvalue weighted by atomic mass is 10.5. The third-order valence-corrected chi connectivity index (χ3v) is 1.56. The number of nitrogens with zero attached hydrogens (tertiary/aromatic N) is 2. The van der Waals surface area contributed by atoms with E-state index in [9.17, 15) is 9.59 Å². The van der Waals surface area contributed by atoms with E-state index in [4.69, 9.17) is 5.73 Å². The maximum atomic E-state index is 11.2. The van der Waals surface area contributed by atoms with Crippen LogP contribution in [0.5, 0.6) is 0 Å². The summed E-state index contributed by atoms with van der Waals surface area (Å²) in [7, 11) is 0. The van der Waals surface area contributed by atoms with Crippen LogP contribution in [0.15, 0.2) is 18.5 Å². The van der Waals surface area contributed by atoms with E-state index in [1.165, 1.54) is 12.4 Å². The number of carbonyl (C=O) groups excluding carboxylic acids is 2. The molecule has 84 valence electrons. The maximum absolute atomic E-state index is 11.2. The van der Waals surface area contributed by atoms with Crippen LogP contribution in [0.1, 0.15) is 0 Å². The predicted molar refractivity (Wildman–Crippen MR) is 60.5 cm³/mol. The second-order valence-electron chi connectivity index (χ2n) is 2.68. The molecule has 0 saturated heterocycles. The highest BCUT2D eigenvalue weighted by atomic mass is 32.1. The fourth-order valence-electron chi connectivity index (χ4n) is 0.770. The zero-order valence-electron chi connectivity index (χ0n) is 8.14. The van der Waals surface area contributed by atoms with Crippen LogP contribution in [0, 0.1) is 0 Å². The Labute approximate surface area is 96.5 Å². The summed E-state index contributed by atoms with van der Waals surface area (Å²) in [6, 6.07) is 1.59. The smallest absolute Gasteiger partial charge is 0.316 e. The van der Waals surface area contributed by atoms with Gasteiger partial charge < -0.3 is 11.1 Å².